The molecule has 0 amide bonds. The van der Waals surface area contributed by atoms with E-state index >= 15 is 0 Å². The van der Waals surface area contributed by atoms with Gasteiger partial charge < -0.3 is 5.11 Å². The molecule has 0 saturated carbocycles. The third-order valence-corrected chi connectivity index (χ3v) is 5.63. The van der Waals surface area contributed by atoms with Crippen molar-refractivity contribution in [3.05, 3.63) is 95.3 Å². The van der Waals surface area contributed by atoms with Crippen molar-refractivity contribution in [1.29, 1.82) is 5.26 Å². The minimum absolute atomic E-state index is 0.0307. The Kier molecular flexibility index (Phi) is 7.24. The van der Waals surface area contributed by atoms with Crippen LogP contribution in [0, 0.1) is 23.0 Å². The van der Waals surface area contributed by atoms with Crippen LogP contribution in [0.3, 0.4) is 0 Å². The van der Waals surface area contributed by atoms with Crippen LogP contribution in [-0.2, 0) is 25.2 Å². The van der Waals surface area contributed by atoms with Crippen LogP contribution in [0.15, 0.2) is 61.3 Å². The molecule has 1 N–H and O–H groups in total. The Morgan fingerprint density at radius 2 is 2.03 bits per heavy atom. The number of aliphatic hydroxyl groups is 1. The van der Waals surface area contributed by atoms with Crippen LogP contribution >= 0.6 is 0 Å². The summed E-state index contributed by atoms with van der Waals surface area (Å²) in [6, 6.07) is 12.5. The highest BCUT2D eigenvalue weighted by molar-refractivity contribution is 5.32. The predicted octanol–water partition coefficient (Wildman–Crippen LogP) is 2.48. The highest BCUT2D eigenvalue weighted by Gasteiger charge is 2.35. The Labute approximate surface area is 200 Å². The molecule has 0 radical (unpaired) electrons. The third kappa shape index (κ3) is 5.92. The summed E-state index contributed by atoms with van der Waals surface area (Å²) in [5.41, 5.74) is 0.399. The molecule has 0 aliphatic carbocycles. The number of nitriles is 1. The summed E-state index contributed by atoms with van der Waals surface area (Å²) in [5.74, 6) is -1.56. The van der Waals surface area contributed by atoms with Crippen LogP contribution in [0.2, 0.25) is 0 Å². The molecule has 4 rings (SSSR count). The Hall–Kier alpha value is -4.01. The van der Waals surface area contributed by atoms with Crippen molar-refractivity contribution in [1.82, 2.24) is 34.7 Å². The average molecular weight is 479 g/mol. The monoisotopic (exact) mass is 478 g/mol. The van der Waals surface area contributed by atoms with E-state index in [9.17, 15) is 13.9 Å². The summed E-state index contributed by atoms with van der Waals surface area (Å²) in [6.45, 7) is 3.19. The van der Waals surface area contributed by atoms with E-state index in [2.05, 4.69) is 26.5 Å². The molecule has 35 heavy (non-hydrogen) atoms. The topological polar surface area (TPSA) is 109 Å². The summed E-state index contributed by atoms with van der Waals surface area (Å²) >= 11 is 0. The fourth-order valence-corrected chi connectivity index (χ4v) is 3.96. The molecule has 11 heteroatoms. The summed E-state index contributed by atoms with van der Waals surface area (Å²) in [5, 5.41) is 33.1. The van der Waals surface area contributed by atoms with Crippen LogP contribution in [0.4, 0.5) is 8.78 Å². The van der Waals surface area contributed by atoms with Crippen molar-refractivity contribution in [2.45, 2.75) is 32.2 Å². The molecule has 0 bridgehead atoms. The van der Waals surface area contributed by atoms with Gasteiger partial charge in [-0.2, -0.15) is 10.4 Å². The zero-order valence-electron chi connectivity index (χ0n) is 19.1. The largest absolute Gasteiger partial charge is 0.382 e. The highest BCUT2D eigenvalue weighted by atomic mass is 19.1. The maximum absolute atomic E-state index is 14.7. The first-order chi connectivity index (χ1) is 16.9. The van der Waals surface area contributed by atoms with Crippen LogP contribution in [-0.4, -0.2) is 52.9 Å². The normalized spacial score (nSPS) is 13.0. The fraction of sp³-hybridized carbons (Fsp3) is 0.292. The van der Waals surface area contributed by atoms with Gasteiger partial charge in [-0.1, -0.05) is 30.3 Å². The first kappa shape index (κ1) is 24.1. The van der Waals surface area contributed by atoms with Gasteiger partial charge in [0.05, 0.1) is 36.6 Å². The van der Waals surface area contributed by atoms with Gasteiger partial charge in [-0.05, 0) is 30.3 Å². The van der Waals surface area contributed by atoms with Crippen molar-refractivity contribution < 1.29 is 13.9 Å². The number of hydrogen-bond donors (Lipinski definition) is 1. The molecule has 0 fully saturated rings. The van der Waals surface area contributed by atoms with Crippen LogP contribution < -0.4 is 0 Å². The number of nitrogens with zero attached hydrogens (tertiary/aromatic N) is 8. The minimum atomic E-state index is -1.71. The molecule has 9 nitrogen and oxygen atoms in total. The molecule has 180 valence electrons. The second kappa shape index (κ2) is 10.5. The van der Waals surface area contributed by atoms with Crippen LogP contribution in [0.1, 0.15) is 29.3 Å². The molecule has 2 aromatic carbocycles. The summed E-state index contributed by atoms with van der Waals surface area (Å²) in [6.07, 6.45) is 4.54. The number of aromatic nitrogens is 6. The molecule has 2 aromatic heterocycles. The van der Waals surface area contributed by atoms with Crippen molar-refractivity contribution in [2.24, 2.45) is 0 Å². The number of hydrogen-bond acceptors (Lipinski definition) is 7. The van der Waals surface area contributed by atoms with E-state index in [0.717, 1.165) is 17.7 Å². The van der Waals surface area contributed by atoms with Gasteiger partial charge in [0.15, 0.2) is 0 Å². The molecular weight excluding hydrogens is 454 g/mol. The standard InChI is InChI=1S/C24H24F2N8O/c1-2-32(12-21-13-33(31-30-21)11-19-5-3-4-18(8-19)10-27)14-24(35,15-34-17-28-16-29-34)22-7-6-20(25)9-23(22)26/h3-9,13,16-17,35H,2,11-12,14-15H2,1H3. The van der Waals surface area contributed by atoms with Gasteiger partial charge in [0, 0.05) is 24.7 Å². The van der Waals surface area contributed by atoms with Gasteiger partial charge in [-0.25, -0.2) is 23.1 Å². The van der Waals surface area contributed by atoms with Gasteiger partial charge in [0.1, 0.15) is 29.9 Å². The van der Waals surface area contributed by atoms with E-state index < -0.39 is 17.2 Å². The SMILES string of the molecule is CCN(Cc1cn(Cc2cccc(C#N)c2)nn1)CC(O)(Cn1cncn1)c1ccc(F)cc1F. The Morgan fingerprint density at radius 1 is 1.17 bits per heavy atom. The van der Waals surface area contributed by atoms with E-state index in [0.29, 0.717) is 30.9 Å². The van der Waals surface area contributed by atoms with Crippen molar-refractivity contribution in [2.75, 3.05) is 13.1 Å². The third-order valence-electron chi connectivity index (χ3n) is 5.63. The molecule has 1 unspecified atom stereocenters. The molecule has 4 aromatic rings. The molecule has 2 heterocycles. The average Bonchev–Trinajstić information content (AvgIpc) is 3.50. The number of benzene rings is 2. The van der Waals surface area contributed by atoms with Crippen molar-refractivity contribution in [3.63, 3.8) is 0 Å². The molecule has 0 spiro atoms. The Morgan fingerprint density at radius 3 is 2.74 bits per heavy atom. The van der Waals surface area contributed by atoms with Crippen LogP contribution in [0.25, 0.3) is 0 Å². The van der Waals surface area contributed by atoms with E-state index in [4.69, 9.17) is 5.26 Å². The Bertz CT molecular complexity index is 1320. The van der Waals surface area contributed by atoms with Gasteiger partial charge >= 0.3 is 0 Å². The molecule has 0 aliphatic heterocycles. The lowest BCUT2D eigenvalue weighted by atomic mass is 9.92. The second-order valence-corrected chi connectivity index (χ2v) is 8.27. The lowest BCUT2D eigenvalue weighted by Crippen LogP contribution is -2.44. The van der Waals surface area contributed by atoms with E-state index in [1.165, 1.54) is 23.4 Å². The first-order valence-electron chi connectivity index (χ1n) is 11.0. The molecule has 0 saturated heterocycles. The lowest BCUT2D eigenvalue weighted by molar-refractivity contribution is -0.0227. The quantitative estimate of drug-likeness (QED) is 0.373. The van der Waals surface area contributed by atoms with Crippen LogP contribution in [0.5, 0.6) is 0 Å². The molecule has 1 atom stereocenters. The minimum Gasteiger partial charge on any atom is -0.382 e. The van der Waals surface area contributed by atoms with Crippen molar-refractivity contribution in [3.8, 4) is 6.07 Å². The number of likely N-dealkylation sites (N-methyl/N-ethyl adjacent to an activating group) is 1. The van der Waals surface area contributed by atoms with Gasteiger partial charge in [-0.15, -0.1) is 5.10 Å². The Balaban J connectivity index is 1.52. The number of rotatable bonds is 10. The number of halogens is 2. The van der Waals surface area contributed by atoms with E-state index in [-0.39, 0.29) is 18.7 Å². The maximum Gasteiger partial charge on any atom is 0.137 e. The van der Waals surface area contributed by atoms with Gasteiger partial charge in [0.2, 0.25) is 0 Å². The zero-order chi connectivity index (χ0) is 24.8. The molecule has 0 aliphatic rings. The maximum atomic E-state index is 14.7. The smallest absolute Gasteiger partial charge is 0.137 e. The summed E-state index contributed by atoms with van der Waals surface area (Å²) in [7, 11) is 0. The second-order valence-electron chi connectivity index (χ2n) is 8.27. The van der Waals surface area contributed by atoms with Crippen molar-refractivity contribution >= 4 is 0 Å². The summed E-state index contributed by atoms with van der Waals surface area (Å²) in [4.78, 5) is 5.78. The zero-order valence-corrected chi connectivity index (χ0v) is 19.1. The molecular formula is C24H24F2N8O. The fourth-order valence-electron chi connectivity index (χ4n) is 3.96. The predicted molar refractivity (Wildman–Crippen MR) is 122 cm³/mol. The van der Waals surface area contributed by atoms with Gasteiger partial charge in [-0.3, -0.25) is 4.90 Å². The van der Waals surface area contributed by atoms with E-state index in [1.54, 1.807) is 23.0 Å². The highest BCUT2D eigenvalue weighted by Crippen LogP contribution is 2.28. The summed E-state index contributed by atoms with van der Waals surface area (Å²) < 4.78 is 31.3. The van der Waals surface area contributed by atoms with Gasteiger partial charge in [0.25, 0.3) is 0 Å². The first-order valence-corrected chi connectivity index (χ1v) is 11.0. The lowest BCUT2D eigenvalue weighted by Gasteiger charge is -2.34. The van der Waals surface area contributed by atoms with E-state index in [1.807, 2.05) is 24.0 Å².